The van der Waals surface area contributed by atoms with Gasteiger partial charge in [0.1, 0.15) is 6.04 Å². The summed E-state index contributed by atoms with van der Waals surface area (Å²) in [6.07, 6.45) is -0.740. The van der Waals surface area contributed by atoms with E-state index in [1.165, 1.54) is 7.11 Å². The molecule has 1 aliphatic heterocycles. The van der Waals surface area contributed by atoms with Gasteiger partial charge in [0, 0.05) is 5.25 Å². The Labute approximate surface area is 99.4 Å². The smallest absolute Gasteiger partial charge is 0.424 e. The van der Waals surface area contributed by atoms with Gasteiger partial charge in [-0.1, -0.05) is 0 Å². The molecule has 1 aliphatic rings. The molecule has 1 fully saturated rings. The lowest BCUT2D eigenvalue weighted by molar-refractivity contribution is -0.127. The van der Waals surface area contributed by atoms with Crippen LogP contribution in [0.1, 0.15) is 6.92 Å². The van der Waals surface area contributed by atoms with Gasteiger partial charge in [-0.3, -0.25) is 4.79 Å². The van der Waals surface area contributed by atoms with Gasteiger partial charge in [-0.05, 0) is 6.92 Å². The zero-order valence-electron chi connectivity index (χ0n) is 9.25. The van der Waals surface area contributed by atoms with Crippen LogP contribution in [0.5, 0.6) is 0 Å². The highest BCUT2D eigenvalue weighted by Crippen LogP contribution is 2.22. The molecule has 2 N–H and O–H groups in total. The molecule has 0 saturated carbocycles. The van der Waals surface area contributed by atoms with Crippen LogP contribution in [-0.4, -0.2) is 48.5 Å². The minimum absolute atomic E-state index is 0.138. The summed E-state index contributed by atoms with van der Waals surface area (Å²) in [4.78, 5) is 23.1. The van der Waals surface area contributed by atoms with Gasteiger partial charge in [0.2, 0.25) is 0 Å². The maximum atomic E-state index is 12.0. The van der Waals surface area contributed by atoms with Crippen molar-refractivity contribution in [2.75, 3.05) is 20.3 Å². The number of carbonyl (C=O) groups is 2. The van der Waals surface area contributed by atoms with E-state index in [0.29, 0.717) is 13.2 Å². The van der Waals surface area contributed by atoms with E-state index >= 15 is 0 Å². The maximum absolute atomic E-state index is 12.0. The third-order valence-corrected chi connectivity index (χ3v) is 3.14. The molecular weight excluding hydrogens is 232 g/mol. The van der Waals surface area contributed by atoms with Crippen LogP contribution in [0.2, 0.25) is 0 Å². The third kappa shape index (κ3) is 2.66. The molecule has 0 bridgehead atoms. The molecule has 1 rings (SSSR count). The fourth-order valence-electron chi connectivity index (χ4n) is 1.53. The highest BCUT2D eigenvalue weighted by molar-refractivity contribution is 7.81. The van der Waals surface area contributed by atoms with Crippen molar-refractivity contribution in [2.45, 2.75) is 18.2 Å². The number of ketones is 1. The number of rotatable bonds is 3. The second kappa shape index (κ2) is 5.51. The number of nitrogens with two attached hydrogens (primary N) is 1. The van der Waals surface area contributed by atoms with Gasteiger partial charge in [-0.25, -0.2) is 15.6 Å². The molecule has 0 aromatic carbocycles. The standard InChI is InChI=1S/C9H16N2O4S/c1-5(11(10)9(13)14-2)8(12)6-3-15-4-7(6)16/h5-7,16H,3-4,10H2,1-2H3. The zero-order chi connectivity index (χ0) is 12.3. The Morgan fingerprint density at radius 1 is 1.56 bits per heavy atom. The fourth-order valence-corrected chi connectivity index (χ4v) is 1.86. The molecule has 6 nitrogen and oxygen atoms in total. The first-order valence-corrected chi connectivity index (χ1v) is 5.42. The summed E-state index contributed by atoms with van der Waals surface area (Å²) in [5, 5.41) is 0.641. The van der Waals surface area contributed by atoms with E-state index in [1.807, 2.05) is 0 Å². The number of thiol groups is 1. The predicted octanol–water partition coefficient (Wildman–Crippen LogP) is -0.169. The van der Waals surface area contributed by atoms with Gasteiger partial charge in [-0.15, -0.1) is 0 Å². The molecule has 0 aliphatic carbocycles. The Kier molecular flexibility index (Phi) is 4.57. The number of hydrazine groups is 1. The SMILES string of the molecule is COC(=O)N(N)C(C)C(=O)C1COCC1S. The Bertz CT molecular complexity index is 287. The van der Waals surface area contributed by atoms with Crippen LogP contribution in [0, 0.1) is 5.92 Å². The van der Waals surface area contributed by atoms with Gasteiger partial charge < -0.3 is 9.47 Å². The lowest BCUT2D eigenvalue weighted by atomic mass is 9.98. The van der Waals surface area contributed by atoms with Gasteiger partial charge in [0.05, 0.1) is 26.2 Å². The summed E-state index contributed by atoms with van der Waals surface area (Å²) in [6, 6.07) is -0.742. The van der Waals surface area contributed by atoms with E-state index in [4.69, 9.17) is 10.6 Å². The second-order valence-electron chi connectivity index (χ2n) is 3.67. The minimum Gasteiger partial charge on any atom is -0.452 e. The van der Waals surface area contributed by atoms with Crippen molar-refractivity contribution in [3.8, 4) is 0 Å². The Balaban J connectivity index is 2.62. The lowest BCUT2D eigenvalue weighted by Gasteiger charge is -2.24. The summed E-state index contributed by atoms with van der Waals surface area (Å²) in [5.41, 5.74) is 0. The van der Waals surface area contributed by atoms with Crippen LogP contribution in [0.25, 0.3) is 0 Å². The first-order valence-electron chi connectivity index (χ1n) is 4.90. The third-order valence-electron chi connectivity index (χ3n) is 2.63. The average Bonchev–Trinajstić information content (AvgIpc) is 2.71. The van der Waals surface area contributed by atoms with Crippen molar-refractivity contribution >= 4 is 24.5 Å². The van der Waals surface area contributed by atoms with Crippen molar-refractivity contribution in [1.82, 2.24) is 5.01 Å². The van der Waals surface area contributed by atoms with E-state index in [1.54, 1.807) is 6.92 Å². The molecule has 0 aromatic heterocycles. The van der Waals surface area contributed by atoms with Crippen LogP contribution in [0.3, 0.4) is 0 Å². The van der Waals surface area contributed by atoms with E-state index in [0.717, 1.165) is 5.01 Å². The molecule has 0 spiro atoms. The van der Waals surface area contributed by atoms with Crippen molar-refractivity contribution < 1.29 is 19.1 Å². The number of ether oxygens (including phenoxy) is 2. The average molecular weight is 248 g/mol. The first kappa shape index (κ1) is 13.3. The molecule has 1 saturated heterocycles. The highest BCUT2D eigenvalue weighted by atomic mass is 32.1. The summed E-state index contributed by atoms with van der Waals surface area (Å²) < 4.78 is 9.57. The summed E-state index contributed by atoms with van der Waals surface area (Å²) in [5.74, 6) is 4.97. The monoisotopic (exact) mass is 248 g/mol. The van der Waals surface area contributed by atoms with Crippen LogP contribution in [0.15, 0.2) is 0 Å². The van der Waals surface area contributed by atoms with Crippen molar-refractivity contribution in [3.05, 3.63) is 0 Å². The minimum atomic E-state index is -0.742. The topological polar surface area (TPSA) is 81.9 Å². The number of methoxy groups -OCH3 is 1. The van der Waals surface area contributed by atoms with Gasteiger partial charge in [-0.2, -0.15) is 12.6 Å². The summed E-state index contributed by atoms with van der Waals surface area (Å²) in [6.45, 7) is 2.32. The zero-order valence-corrected chi connectivity index (χ0v) is 10.1. The maximum Gasteiger partial charge on any atom is 0.424 e. The lowest BCUT2D eigenvalue weighted by Crippen LogP contribution is -2.50. The van der Waals surface area contributed by atoms with E-state index in [9.17, 15) is 9.59 Å². The van der Waals surface area contributed by atoms with E-state index in [2.05, 4.69) is 17.4 Å². The van der Waals surface area contributed by atoms with Crippen LogP contribution in [-0.2, 0) is 14.3 Å². The molecule has 7 heteroatoms. The molecule has 16 heavy (non-hydrogen) atoms. The number of Topliss-reactive ketones (excluding diaryl/α,β-unsaturated/α-hetero) is 1. The molecule has 1 amide bonds. The van der Waals surface area contributed by atoms with Crippen LogP contribution in [0.4, 0.5) is 4.79 Å². The van der Waals surface area contributed by atoms with Crippen molar-refractivity contribution in [2.24, 2.45) is 11.8 Å². The van der Waals surface area contributed by atoms with Gasteiger partial charge in [0.25, 0.3) is 0 Å². The molecule has 92 valence electrons. The molecular formula is C9H16N2O4S. The number of nitrogens with zero attached hydrogens (tertiary/aromatic N) is 1. The molecule has 1 heterocycles. The number of hydrogen-bond acceptors (Lipinski definition) is 6. The normalized spacial score (nSPS) is 26.2. The highest BCUT2D eigenvalue weighted by Gasteiger charge is 2.36. The largest absolute Gasteiger partial charge is 0.452 e. The number of hydrogen-bond donors (Lipinski definition) is 2. The molecule has 0 aromatic rings. The molecule has 3 atom stereocenters. The van der Waals surface area contributed by atoms with E-state index in [-0.39, 0.29) is 17.0 Å². The fraction of sp³-hybridized carbons (Fsp3) is 0.778. The Morgan fingerprint density at radius 3 is 2.62 bits per heavy atom. The second-order valence-corrected chi connectivity index (χ2v) is 4.33. The molecule has 0 radical (unpaired) electrons. The van der Waals surface area contributed by atoms with Gasteiger partial charge in [0.15, 0.2) is 5.78 Å². The Morgan fingerprint density at radius 2 is 2.19 bits per heavy atom. The van der Waals surface area contributed by atoms with Crippen LogP contribution < -0.4 is 5.84 Å². The van der Waals surface area contributed by atoms with Crippen molar-refractivity contribution in [1.29, 1.82) is 0 Å². The molecule has 3 unspecified atom stereocenters. The first-order chi connectivity index (χ1) is 7.49. The summed E-state index contributed by atoms with van der Waals surface area (Å²) in [7, 11) is 1.21. The predicted molar refractivity (Wildman–Crippen MR) is 60.0 cm³/mol. The quantitative estimate of drug-likeness (QED) is 0.314. The van der Waals surface area contributed by atoms with Crippen molar-refractivity contribution in [3.63, 3.8) is 0 Å². The summed E-state index contributed by atoms with van der Waals surface area (Å²) >= 11 is 4.24. The van der Waals surface area contributed by atoms with E-state index < -0.39 is 12.1 Å². The van der Waals surface area contributed by atoms with Crippen LogP contribution >= 0.6 is 12.6 Å². The number of amides is 1. The van der Waals surface area contributed by atoms with Gasteiger partial charge >= 0.3 is 6.09 Å². The number of carbonyl (C=O) groups excluding carboxylic acids is 2. The Hall–Kier alpha value is -0.790.